The number of unbranched alkanes of at least 4 members (excludes halogenated alkanes) is 1. The van der Waals surface area contributed by atoms with Crippen LogP contribution in [0.1, 0.15) is 65.7 Å². The van der Waals surface area contributed by atoms with E-state index in [0.717, 1.165) is 45.2 Å². The van der Waals surface area contributed by atoms with Crippen LogP contribution in [-0.2, 0) is 4.79 Å². The van der Waals surface area contributed by atoms with Gasteiger partial charge in [-0.3, -0.25) is 4.79 Å². The molecule has 1 aliphatic heterocycles. The van der Waals surface area contributed by atoms with Crippen LogP contribution in [0.15, 0.2) is 0 Å². The molecule has 0 aromatic carbocycles. The van der Waals surface area contributed by atoms with Crippen molar-refractivity contribution in [2.45, 2.75) is 71.8 Å². The molecule has 1 heterocycles. The quantitative estimate of drug-likeness (QED) is 0.733. The number of hydrogen-bond donors (Lipinski definition) is 2. The van der Waals surface area contributed by atoms with Crippen molar-refractivity contribution >= 4 is 5.91 Å². The van der Waals surface area contributed by atoms with Crippen molar-refractivity contribution in [2.24, 2.45) is 5.41 Å². The van der Waals surface area contributed by atoms with Gasteiger partial charge in [0.1, 0.15) is 0 Å². The summed E-state index contributed by atoms with van der Waals surface area (Å²) in [6, 6.07) is 0.376. The first kappa shape index (κ1) is 15.5. The molecule has 3 nitrogen and oxygen atoms in total. The number of amides is 1. The van der Waals surface area contributed by atoms with Gasteiger partial charge in [-0.05, 0) is 39.2 Å². The second-order valence-electron chi connectivity index (χ2n) is 5.94. The summed E-state index contributed by atoms with van der Waals surface area (Å²) < 4.78 is 0. The van der Waals surface area contributed by atoms with Gasteiger partial charge in [-0.15, -0.1) is 0 Å². The summed E-state index contributed by atoms with van der Waals surface area (Å²) >= 11 is 0. The van der Waals surface area contributed by atoms with Crippen LogP contribution in [0.5, 0.6) is 0 Å². The second-order valence-corrected chi connectivity index (χ2v) is 5.94. The minimum absolute atomic E-state index is 0.198. The molecule has 0 radical (unpaired) electrons. The Hall–Kier alpha value is -0.570. The summed E-state index contributed by atoms with van der Waals surface area (Å²) in [5.74, 6) is 0.254. The molecule has 2 atom stereocenters. The maximum atomic E-state index is 12.4. The lowest BCUT2D eigenvalue weighted by molar-refractivity contribution is -0.132. The molecule has 0 aromatic rings. The maximum Gasteiger partial charge on any atom is 0.227 e. The van der Waals surface area contributed by atoms with Crippen LogP contribution in [0.4, 0.5) is 0 Å². The van der Waals surface area contributed by atoms with Crippen molar-refractivity contribution in [2.75, 3.05) is 13.1 Å². The van der Waals surface area contributed by atoms with E-state index in [2.05, 4.69) is 31.4 Å². The molecule has 0 saturated carbocycles. The Labute approximate surface area is 112 Å². The van der Waals surface area contributed by atoms with Gasteiger partial charge in [0, 0.05) is 12.6 Å². The molecule has 1 amide bonds. The third kappa shape index (κ3) is 4.60. The third-order valence-electron chi connectivity index (χ3n) is 4.02. The Bertz CT molecular complexity index is 247. The van der Waals surface area contributed by atoms with Gasteiger partial charge in [0.15, 0.2) is 0 Å². The lowest BCUT2D eigenvalue weighted by Crippen LogP contribution is -2.51. The fourth-order valence-electron chi connectivity index (χ4n) is 2.70. The van der Waals surface area contributed by atoms with Crippen LogP contribution < -0.4 is 10.6 Å². The molecule has 1 aliphatic rings. The fourth-order valence-corrected chi connectivity index (χ4v) is 2.70. The number of hydrogen-bond acceptors (Lipinski definition) is 2. The lowest BCUT2D eigenvalue weighted by atomic mass is 9.81. The number of piperidine rings is 1. The Kier molecular flexibility index (Phi) is 6.69. The van der Waals surface area contributed by atoms with E-state index >= 15 is 0 Å². The zero-order valence-corrected chi connectivity index (χ0v) is 12.3. The Morgan fingerprint density at radius 1 is 1.33 bits per heavy atom. The molecule has 0 aliphatic carbocycles. The van der Waals surface area contributed by atoms with Crippen LogP contribution in [0.25, 0.3) is 0 Å². The molecule has 1 fully saturated rings. The predicted molar refractivity (Wildman–Crippen MR) is 76.6 cm³/mol. The average molecular weight is 254 g/mol. The van der Waals surface area contributed by atoms with E-state index in [1.54, 1.807) is 0 Å². The first-order valence-electron chi connectivity index (χ1n) is 7.64. The predicted octanol–water partition coefficient (Wildman–Crippen LogP) is 2.85. The fraction of sp³-hybridized carbons (Fsp3) is 0.933. The molecule has 0 bridgehead atoms. The van der Waals surface area contributed by atoms with Crippen molar-refractivity contribution < 1.29 is 4.79 Å². The summed E-state index contributed by atoms with van der Waals surface area (Å²) in [4.78, 5) is 12.4. The normalized spacial score (nSPS) is 25.7. The second kappa shape index (κ2) is 7.78. The van der Waals surface area contributed by atoms with Crippen LogP contribution in [0, 0.1) is 5.41 Å². The summed E-state index contributed by atoms with van der Waals surface area (Å²) in [6.07, 6.45) is 7.91. The van der Waals surface area contributed by atoms with Gasteiger partial charge < -0.3 is 10.6 Å². The molecule has 2 unspecified atom stereocenters. The number of rotatable bonds is 7. The maximum absolute atomic E-state index is 12.4. The molecule has 1 rings (SSSR count). The monoisotopic (exact) mass is 254 g/mol. The molecule has 1 saturated heterocycles. The van der Waals surface area contributed by atoms with Gasteiger partial charge in [-0.2, -0.15) is 0 Å². The molecule has 2 N–H and O–H groups in total. The van der Waals surface area contributed by atoms with E-state index < -0.39 is 0 Å². The van der Waals surface area contributed by atoms with Gasteiger partial charge in [-0.25, -0.2) is 0 Å². The zero-order chi connectivity index (χ0) is 13.4. The Morgan fingerprint density at radius 3 is 2.67 bits per heavy atom. The van der Waals surface area contributed by atoms with Gasteiger partial charge in [0.2, 0.25) is 5.91 Å². The van der Waals surface area contributed by atoms with Crippen molar-refractivity contribution in [1.82, 2.24) is 10.6 Å². The molecule has 3 heteroatoms. The topological polar surface area (TPSA) is 41.1 Å². The summed E-state index contributed by atoms with van der Waals surface area (Å²) in [7, 11) is 0. The van der Waals surface area contributed by atoms with Crippen molar-refractivity contribution in [3.63, 3.8) is 0 Å². The highest BCUT2D eigenvalue weighted by Gasteiger charge is 2.35. The van der Waals surface area contributed by atoms with Crippen LogP contribution in [-0.4, -0.2) is 25.0 Å². The minimum atomic E-state index is -0.198. The van der Waals surface area contributed by atoms with Crippen molar-refractivity contribution in [1.29, 1.82) is 0 Å². The van der Waals surface area contributed by atoms with Crippen molar-refractivity contribution in [3.8, 4) is 0 Å². The minimum Gasteiger partial charge on any atom is -0.353 e. The van der Waals surface area contributed by atoms with Gasteiger partial charge >= 0.3 is 0 Å². The van der Waals surface area contributed by atoms with Gasteiger partial charge in [0.25, 0.3) is 0 Å². The largest absolute Gasteiger partial charge is 0.353 e. The van der Waals surface area contributed by atoms with Gasteiger partial charge in [-0.1, -0.05) is 33.1 Å². The molecule has 18 heavy (non-hydrogen) atoms. The molecule has 0 spiro atoms. The Balaban J connectivity index is 2.48. The summed E-state index contributed by atoms with van der Waals surface area (Å²) in [5.41, 5.74) is -0.198. The lowest BCUT2D eigenvalue weighted by Gasteiger charge is -2.34. The Morgan fingerprint density at radius 2 is 2.11 bits per heavy atom. The summed E-state index contributed by atoms with van der Waals surface area (Å²) in [6.45, 7) is 8.37. The number of carbonyl (C=O) groups excluding carboxylic acids is 1. The van der Waals surface area contributed by atoms with E-state index in [1.807, 2.05) is 0 Å². The highest BCUT2D eigenvalue weighted by Crippen LogP contribution is 2.26. The first-order chi connectivity index (χ1) is 8.62. The third-order valence-corrected chi connectivity index (χ3v) is 4.02. The first-order valence-corrected chi connectivity index (χ1v) is 7.64. The van der Waals surface area contributed by atoms with Crippen LogP contribution in [0.3, 0.4) is 0 Å². The molecular formula is C15H30N2O. The molecular weight excluding hydrogens is 224 g/mol. The van der Waals surface area contributed by atoms with E-state index in [-0.39, 0.29) is 11.3 Å². The highest BCUT2D eigenvalue weighted by atomic mass is 16.2. The number of carbonyl (C=O) groups is 1. The van der Waals surface area contributed by atoms with E-state index in [9.17, 15) is 4.79 Å². The SMILES string of the molecule is CCCCC(CCC)NC(=O)C1(C)CCCNC1. The standard InChI is InChI=1S/C15H30N2O/c1-4-6-9-13(8-5-2)17-14(18)15(3)10-7-11-16-12-15/h13,16H,4-12H2,1-3H3,(H,17,18). The number of nitrogens with one attached hydrogen (secondary N) is 2. The molecule has 0 aromatic heterocycles. The van der Waals surface area contributed by atoms with Crippen molar-refractivity contribution in [3.05, 3.63) is 0 Å². The van der Waals surface area contributed by atoms with E-state index in [4.69, 9.17) is 0 Å². The highest BCUT2D eigenvalue weighted by molar-refractivity contribution is 5.82. The summed E-state index contributed by atoms with van der Waals surface area (Å²) in [5, 5.41) is 6.63. The van der Waals surface area contributed by atoms with E-state index in [1.165, 1.54) is 12.8 Å². The zero-order valence-electron chi connectivity index (χ0n) is 12.3. The smallest absolute Gasteiger partial charge is 0.227 e. The average Bonchev–Trinajstić information content (AvgIpc) is 2.37. The van der Waals surface area contributed by atoms with Crippen LogP contribution in [0.2, 0.25) is 0 Å². The molecule has 106 valence electrons. The van der Waals surface area contributed by atoms with E-state index in [0.29, 0.717) is 6.04 Å². The van der Waals surface area contributed by atoms with Crippen LogP contribution >= 0.6 is 0 Å². The van der Waals surface area contributed by atoms with Gasteiger partial charge in [0.05, 0.1) is 5.41 Å².